The van der Waals surface area contributed by atoms with Gasteiger partial charge in [0, 0.05) is 29.3 Å². The SMILES string of the molecule is CN1CCCc2cc(C=O)c(Br)cc21. The summed E-state index contributed by atoms with van der Waals surface area (Å²) >= 11 is 3.41. The molecule has 2 nitrogen and oxygen atoms in total. The van der Waals surface area contributed by atoms with Crippen LogP contribution >= 0.6 is 15.9 Å². The van der Waals surface area contributed by atoms with Crippen molar-refractivity contribution in [3.05, 3.63) is 27.7 Å². The van der Waals surface area contributed by atoms with Gasteiger partial charge in [-0.25, -0.2) is 0 Å². The number of benzene rings is 1. The lowest BCUT2D eigenvalue weighted by atomic mass is 10.00. The van der Waals surface area contributed by atoms with Gasteiger partial charge in [-0.15, -0.1) is 0 Å². The van der Waals surface area contributed by atoms with Gasteiger partial charge in [0.05, 0.1) is 0 Å². The number of hydrogen-bond acceptors (Lipinski definition) is 2. The number of aryl methyl sites for hydroxylation is 1. The fraction of sp³-hybridized carbons (Fsp3) is 0.364. The molecule has 1 aliphatic heterocycles. The van der Waals surface area contributed by atoms with E-state index in [-0.39, 0.29) is 0 Å². The van der Waals surface area contributed by atoms with Crippen LogP contribution in [0.4, 0.5) is 5.69 Å². The summed E-state index contributed by atoms with van der Waals surface area (Å²) in [7, 11) is 2.09. The summed E-state index contributed by atoms with van der Waals surface area (Å²) in [5, 5.41) is 0. The van der Waals surface area contributed by atoms with Crippen LogP contribution in [-0.2, 0) is 6.42 Å². The molecular weight excluding hydrogens is 242 g/mol. The van der Waals surface area contributed by atoms with Crippen LogP contribution in [0.3, 0.4) is 0 Å². The van der Waals surface area contributed by atoms with Crippen molar-refractivity contribution in [2.24, 2.45) is 0 Å². The van der Waals surface area contributed by atoms with Gasteiger partial charge in [0.25, 0.3) is 0 Å². The minimum atomic E-state index is 0.749. The molecule has 0 unspecified atom stereocenters. The number of anilines is 1. The van der Waals surface area contributed by atoms with Crippen molar-refractivity contribution in [3.8, 4) is 0 Å². The van der Waals surface area contributed by atoms with Crippen LogP contribution in [0.25, 0.3) is 0 Å². The predicted molar refractivity (Wildman–Crippen MR) is 61.1 cm³/mol. The molecule has 2 rings (SSSR count). The number of aldehydes is 1. The molecule has 0 fully saturated rings. The van der Waals surface area contributed by atoms with Crippen molar-refractivity contribution >= 4 is 27.9 Å². The highest BCUT2D eigenvalue weighted by molar-refractivity contribution is 9.10. The fourth-order valence-electron chi connectivity index (χ4n) is 1.90. The van der Waals surface area contributed by atoms with E-state index in [0.717, 1.165) is 29.3 Å². The van der Waals surface area contributed by atoms with E-state index in [0.29, 0.717) is 0 Å². The Kier molecular flexibility index (Phi) is 2.59. The zero-order valence-electron chi connectivity index (χ0n) is 8.09. The summed E-state index contributed by atoms with van der Waals surface area (Å²) in [6.07, 6.45) is 3.15. The summed E-state index contributed by atoms with van der Waals surface area (Å²) < 4.78 is 0.889. The molecular formula is C11H12BrNO. The second-order valence-corrected chi connectivity index (χ2v) is 4.50. The van der Waals surface area contributed by atoms with E-state index in [1.165, 1.54) is 17.7 Å². The smallest absolute Gasteiger partial charge is 0.151 e. The molecule has 0 N–H and O–H groups in total. The van der Waals surface area contributed by atoms with Gasteiger partial charge in [0.1, 0.15) is 0 Å². The molecule has 3 heteroatoms. The van der Waals surface area contributed by atoms with Gasteiger partial charge >= 0.3 is 0 Å². The van der Waals surface area contributed by atoms with E-state index >= 15 is 0 Å². The lowest BCUT2D eigenvalue weighted by molar-refractivity contribution is 0.112. The van der Waals surface area contributed by atoms with Gasteiger partial charge in [-0.1, -0.05) is 0 Å². The minimum Gasteiger partial charge on any atom is -0.374 e. The van der Waals surface area contributed by atoms with E-state index < -0.39 is 0 Å². The first-order valence-electron chi connectivity index (χ1n) is 4.71. The van der Waals surface area contributed by atoms with Gasteiger partial charge in [-0.2, -0.15) is 0 Å². The molecule has 74 valence electrons. The molecule has 1 aromatic carbocycles. The third kappa shape index (κ3) is 1.57. The first-order chi connectivity index (χ1) is 6.72. The molecule has 1 heterocycles. The monoisotopic (exact) mass is 253 g/mol. The van der Waals surface area contributed by atoms with Crippen molar-refractivity contribution < 1.29 is 4.79 Å². The Balaban J connectivity index is 2.53. The highest BCUT2D eigenvalue weighted by Gasteiger charge is 2.15. The summed E-state index contributed by atoms with van der Waals surface area (Å²) in [6.45, 7) is 1.10. The molecule has 0 atom stereocenters. The minimum absolute atomic E-state index is 0.749. The van der Waals surface area contributed by atoms with Crippen molar-refractivity contribution in [2.75, 3.05) is 18.5 Å². The van der Waals surface area contributed by atoms with Gasteiger partial charge in [0.2, 0.25) is 0 Å². The van der Waals surface area contributed by atoms with E-state index in [1.54, 1.807) is 0 Å². The molecule has 1 aliphatic rings. The maximum atomic E-state index is 10.8. The molecule has 0 saturated carbocycles. The van der Waals surface area contributed by atoms with Gasteiger partial charge in [0.15, 0.2) is 6.29 Å². The van der Waals surface area contributed by atoms with Crippen LogP contribution in [0.15, 0.2) is 16.6 Å². The van der Waals surface area contributed by atoms with E-state index in [9.17, 15) is 4.79 Å². The second-order valence-electron chi connectivity index (χ2n) is 3.65. The molecule has 0 saturated heterocycles. The maximum Gasteiger partial charge on any atom is 0.151 e. The van der Waals surface area contributed by atoms with E-state index in [1.807, 2.05) is 12.1 Å². The lowest BCUT2D eigenvalue weighted by Gasteiger charge is -2.28. The average molecular weight is 254 g/mol. The summed E-state index contributed by atoms with van der Waals surface area (Å²) in [6, 6.07) is 4.03. The number of carbonyl (C=O) groups is 1. The number of nitrogens with zero attached hydrogens (tertiary/aromatic N) is 1. The van der Waals surface area contributed by atoms with Crippen LogP contribution in [0.2, 0.25) is 0 Å². The molecule has 0 bridgehead atoms. The largest absolute Gasteiger partial charge is 0.374 e. The highest BCUT2D eigenvalue weighted by atomic mass is 79.9. The topological polar surface area (TPSA) is 20.3 Å². The summed E-state index contributed by atoms with van der Waals surface area (Å²) in [5.74, 6) is 0. The Labute approximate surface area is 92.0 Å². The first kappa shape index (κ1) is 9.71. The van der Waals surface area contributed by atoms with Gasteiger partial charge in [-0.05, 0) is 46.5 Å². The Morgan fingerprint density at radius 1 is 1.50 bits per heavy atom. The van der Waals surface area contributed by atoms with Crippen LogP contribution < -0.4 is 4.90 Å². The van der Waals surface area contributed by atoms with Gasteiger partial charge < -0.3 is 4.90 Å². The quantitative estimate of drug-likeness (QED) is 0.718. The summed E-state index contributed by atoms with van der Waals surface area (Å²) in [5.41, 5.74) is 3.27. The maximum absolute atomic E-state index is 10.8. The molecule has 0 amide bonds. The number of rotatable bonds is 1. The standard InChI is InChI=1S/C11H12BrNO/c1-13-4-2-3-8-5-9(7-14)10(12)6-11(8)13/h5-7H,2-4H2,1H3. The number of halogens is 1. The third-order valence-electron chi connectivity index (χ3n) is 2.68. The molecule has 0 radical (unpaired) electrons. The lowest BCUT2D eigenvalue weighted by Crippen LogP contribution is -2.24. The van der Waals surface area contributed by atoms with Crippen molar-refractivity contribution in [1.29, 1.82) is 0 Å². The zero-order chi connectivity index (χ0) is 10.1. The van der Waals surface area contributed by atoms with Crippen LogP contribution in [0, 0.1) is 0 Å². The Hall–Kier alpha value is -0.830. The molecule has 1 aromatic rings. The predicted octanol–water partition coefficient (Wildman–Crippen LogP) is 2.64. The number of hydrogen-bond donors (Lipinski definition) is 0. The van der Waals surface area contributed by atoms with Gasteiger partial charge in [-0.3, -0.25) is 4.79 Å². The normalized spacial score (nSPS) is 15.1. The average Bonchev–Trinajstić information content (AvgIpc) is 2.19. The fourth-order valence-corrected chi connectivity index (χ4v) is 2.32. The molecule has 14 heavy (non-hydrogen) atoms. The highest BCUT2D eigenvalue weighted by Crippen LogP contribution is 2.31. The second kappa shape index (κ2) is 3.73. The third-order valence-corrected chi connectivity index (χ3v) is 3.36. The molecule has 0 spiro atoms. The first-order valence-corrected chi connectivity index (χ1v) is 5.50. The van der Waals surface area contributed by atoms with Crippen molar-refractivity contribution in [3.63, 3.8) is 0 Å². The number of carbonyl (C=O) groups excluding carboxylic acids is 1. The van der Waals surface area contributed by atoms with Crippen LogP contribution in [0.1, 0.15) is 22.3 Å². The zero-order valence-corrected chi connectivity index (χ0v) is 9.67. The Bertz CT molecular complexity index is 376. The summed E-state index contributed by atoms with van der Waals surface area (Å²) in [4.78, 5) is 13.0. The molecule has 0 aliphatic carbocycles. The van der Waals surface area contributed by atoms with Crippen LogP contribution in [0.5, 0.6) is 0 Å². The Morgan fingerprint density at radius 3 is 3.00 bits per heavy atom. The van der Waals surface area contributed by atoms with Crippen molar-refractivity contribution in [1.82, 2.24) is 0 Å². The van der Waals surface area contributed by atoms with Crippen molar-refractivity contribution in [2.45, 2.75) is 12.8 Å². The Morgan fingerprint density at radius 2 is 2.29 bits per heavy atom. The molecule has 0 aromatic heterocycles. The number of fused-ring (bicyclic) bond motifs is 1. The van der Waals surface area contributed by atoms with Crippen LogP contribution in [-0.4, -0.2) is 19.9 Å². The van der Waals surface area contributed by atoms with E-state index in [4.69, 9.17) is 0 Å². The van der Waals surface area contributed by atoms with E-state index in [2.05, 4.69) is 27.9 Å².